The highest BCUT2D eigenvalue weighted by Crippen LogP contribution is 2.09. The molecule has 1 N–H and O–H groups in total. The molecule has 4 heteroatoms. The summed E-state index contributed by atoms with van der Waals surface area (Å²) in [6, 6.07) is 9.98. The van der Waals surface area contributed by atoms with Crippen molar-refractivity contribution in [1.82, 2.24) is 10.2 Å². The van der Waals surface area contributed by atoms with Gasteiger partial charge in [0.2, 0.25) is 5.91 Å². The molecule has 1 saturated heterocycles. The van der Waals surface area contributed by atoms with Gasteiger partial charge in [0.05, 0.1) is 13.0 Å². The number of para-hydroxylation sites is 1. The first kappa shape index (κ1) is 12.9. The van der Waals surface area contributed by atoms with Gasteiger partial charge in [-0.1, -0.05) is 18.2 Å². The summed E-state index contributed by atoms with van der Waals surface area (Å²) in [6.07, 6.45) is 0.446. The minimum atomic E-state index is 0.180. The van der Waals surface area contributed by atoms with Crippen molar-refractivity contribution in [3.63, 3.8) is 0 Å². The fourth-order valence-corrected chi connectivity index (χ4v) is 2.09. The van der Waals surface area contributed by atoms with E-state index < -0.39 is 0 Å². The van der Waals surface area contributed by atoms with E-state index in [1.165, 1.54) is 0 Å². The predicted molar refractivity (Wildman–Crippen MR) is 70.6 cm³/mol. The van der Waals surface area contributed by atoms with Gasteiger partial charge in [-0.2, -0.15) is 0 Å². The number of hydrogen-bond acceptors (Lipinski definition) is 3. The van der Waals surface area contributed by atoms with Gasteiger partial charge in [0, 0.05) is 25.7 Å². The molecule has 1 atom stereocenters. The van der Waals surface area contributed by atoms with E-state index in [9.17, 15) is 4.79 Å². The summed E-state index contributed by atoms with van der Waals surface area (Å²) in [4.78, 5) is 13.9. The number of carbonyl (C=O) groups excluding carboxylic acids is 1. The number of nitrogens with one attached hydrogen (secondary N) is 1. The highest BCUT2D eigenvalue weighted by Gasteiger charge is 2.19. The van der Waals surface area contributed by atoms with Crippen LogP contribution in [-0.2, 0) is 4.79 Å². The van der Waals surface area contributed by atoms with Crippen molar-refractivity contribution in [2.24, 2.45) is 0 Å². The van der Waals surface area contributed by atoms with E-state index >= 15 is 0 Å². The summed E-state index contributed by atoms with van der Waals surface area (Å²) in [5, 5.41) is 3.32. The lowest BCUT2D eigenvalue weighted by Gasteiger charge is -2.31. The topological polar surface area (TPSA) is 41.6 Å². The first-order chi connectivity index (χ1) is 8.75. The Bertz CT molecular complexity index is 381. The lowest BCUT2D eigenvalue weighted by Crippen LogP contribution is -2.51. The van der Waals surface area contributed by atoms with Gasteiger partial charge in [-0.15, -0.1) is 0 Å². The Morgan fingerprint density at radius 3 is 2.94 bits per heavy atom. The van der Waals surface area contributed by atoms with Gasteiger partial charge in [0.25, 0.3) is 0 Å². The first-order valence-corrected chi connectivity index (χ1v) is 6.45. The maximum absolute atomic E-state index is 12.0. The van der Waals surface area contributed by atoms with Gasteiger partial charge in [0.15, 0.2) is 0 Å². The van der Waals surface area contributed by atoms with E-state index in [1.807, 2.05) is 35.2 Å². The second kappa shape index (κ2) is 6.40. The number of ether oxygens (including phenoxy) is 1. The first-order valence-electron chi connectivity index (χ1n) is 6.45. The number of benzene rings is 1. The zero-order valence-corrected chi connectivity index (χ0v) is 10.8. The smallest absolute Gasteiger partial charge is 0.226 e. The third kappa shape index (κ3) is 3.74. The van der Waals surface area contributed by atoms with Gasteiger partial charge >= 0.3 is 0 Å². The molecule has 1 amide bonds. The predicted octanol–water partition coefficient (Wildman–Crippen LogP) is 1.28. The zero-order chi connectivity index (χ0) is 12.8. The molecule has 0 aromatic heterocycles. The molecule has 0 radical (unpaired) electrons. The summed E-state index contributed by atoms with van der Waals surface area (Å²) in [6.45, 7) is 5.02. The Labute approximate surface area is 108 Å². The normalized spacial score (nSPS) is 19.6. The molecule has 0 saturated carbocycles. The molecule has 1 aromatic rings. The van der Waals surface area contributed by atoms with E-state index in [0.29, 0.717) is 19.1 Å². The van der Waals surface area contributed by atoms with E-state index in [4.69, 9.17) is 4.74 Å². The minimum absolute atomic E-state index is 0.180. The number of hydrogen-bond donors (Lipinski definition) is 1. The Morgan fingerprint density at radius 1 is 1.44 bits per heavy atom. The fourth-order valence-electron chi connectivity index (χ4n) is 2.09. The van der Waals surface area contributed by atoms with Crippen molar-refractivity contribution < 1.29 is 9.53 Å². The van der Waals surface area contributed by atoms with Gasteiger partial charge in [0.1, 0.15) is 5.75 Å². The zero-order valence-electron chi connectivity index (χ0n) is 10.8. The highest BCUT2D eigenvalue weighted by molar-refractivity contribution is 5.76. The van der Waals surface area contributed by atoms with Gasteiger partial charge in [-0.25, -0.2) is 0 Å². The third-order valence-electron chi connectivity index (χ3n) is 3.05. The molecule has 1 heterocycles. The van der Waals surface area contributed by atoms with Crippen LogP contribution in [0.2, 0.25) is 0 Å². The van der Waals surface area contributed by atoms with Crippen molar-refractivity contribution in [1.29, 1.82) is 0 Å². The molecule has 0 spiro atoms. The van der Waals surface area contributed by atoms with Gasteiger partial charge in [-0.05, 0) is 19.1 Å². The maximum atomic E-state index is 12.0. The summed E-state index contributed by atoms with van der Waals surface area (Å²) in [5.74, 6) is 0.998. The SMILES string of the molecule is C[C@H]1CN(C(=O)CCOc2ccccc2)CCN1. The van der Waals surface area contributed by atoms with E-state index in [2.05, 4.69) is 12.2 Å². The van der Waals surface area contributed by atoms with E-state index in [-0.39, 0.29) is 5.91 Å². The van der Waals surface area contributed by atoms with Crippen LogP contribution in [0.5, 0.6) is 5.75 Å². The highest BCUT2D eigenvalue weighted by atomic mass is 16.5. The number of amides is 1. The molecular formula is C14H20N2O2. The van der Waals surface area contributed by atoms with Crippen LogP contribution >= 0.6 is 0 Å². The van der Waals surface area contributed by atoms with Gasteiger partial charge in [-0.3, -0.25) is 4.79 Å². The fraction of sp³-hybridized carbons (Fsp3) is 0.500. The average molecular weight is 248 g/mol. The molecule has 1 fully saturated rings. The van der Waals surface area contributed by atoms with Crippen LogP contribution in [-0.4, -0.2) is 43.1 Å². The molecule has 0 bridgehead atoms. The van der Waals surface area contributed by atoms with Crippen LogP contribution in [0.25, 0.3) is 0 Å². The van der Waals surface area contributed by atoms with Crippen molar-refractivity contribution in [2.45, 2.75) is 19.4 Å². The summed E-state index contributed by atoms with van der Waals surface area (Å²) in [5.41, 5.74) is 0. The number of piperazine rings is 1. The lowest BCUT2D eigenvalue weighted by atomic mass is 10.2. The van der Waals surface area contributed by atoms with Crippen molar-refractivity contribution >= 4 is 5.91 Å². The molecule has 0 aliphatic carbocycles. The molecular weight excluding hydrogens is 228 g/mol. The average Bonchev–Trinajstić information content (AvgIpc) is 2.40. The molecule has 4 nitrogen and oxygen atoms in total. The molecule has 18 heavy (non-hydrogen) atoms. The van der Waals surface area contributed by atoms with Gasteiger partial charge < -0.3 is 15.0 Å². The van der Waals surface area contributed by atoms with E-state index in [0.717, 1.165) is 25.4 Å². The molecule has 0 unspecified atom stereocenters. The minimum Gasteiger partial charge on any atom is -0.493 e. The molecule has 1 aliphatic heterocycles. The summed E-state index contributed by atoms with van der Waals surface area (Å²) in [7, 11) is 0. The Balaban J connectivity index is 1.71. The monoisotopic (exact) mass is 248 g/mol. The Hall–Kier alpha value is -1.55. The second-order valence-corrected chi connectivity index (χ2v) is 4.61. The largest absolute Gasteiger partial charge is 0.493 e. The quantitative estimate of drug-likeness (QED) is 0.872. The van der Waals surface area contributed by atoms with Crippen LogP contribution in [0.15, 0.2) is 30.3 Å². The maximum Gasteiger partial charge on any atom is 0.226 e. The molecule has 1 aliphatic rings. The lowest BCUT2D eigenvalue weighted by molar-refractivity contribution is -0.132. The summed E-state index contributed by atoms with van der Waals surface area (Å²) < 4.78 is 5.53. The molecule has 2 rings (SSSR count). The number of rotatable bonds is 4. The van der Waals surface area contributed by atoms with Crippen molar-refractivity contribution in [3.8, 4) is 5.75 Å². The second-order valence-electron chi connectivity index (χ2n) is 4.61. The van der Waals surface area contributed by atoms with Crippen LogP contribution in [0.4, 0.5) is 0 Å². The third-order valence-corrected chi connectivity index (χ3v) is 3.05. The summed E-state index contributed by atoms with van der Waals surface area (Å²) >= 11 is 0. The van der Waals surface area contributed by atoms with Crippen LogP contribution < -0.4 is 10.1 Å². The van der Waals surface area contributed by atoms with Crippen molar-refractivity contribution in [3.05, 3.63) is 30.3 Å². The number of nitrogens with zero attached hydrogens (tertiary/aromatic N) is 1. The van der Waals surface area contributed by atoms with E-state index in [1.54, 1.807) is 0 Å². The Morgan fingerprint density at radius 2 is 2.22 bits per heavy atom. The molecule has 1 aromatic carbocycles. The molecule has 98 valence electrons. The van der Waals surface area contributed by atoms with Crippen molar-refractivity contribution in [2.75, 3.05) is 26.2 Å². The van der Waals surface area contributed by atoms with Crippen LogP contribution in [0, 0.1) is 0 Å². The van der Waals surface area contributed by atoms with Crippen LogP contribution in [0.1, 0.15) is 13.3 Å². The van der Waals surface area contributed by atoms with Crippen LogP contribution in [0.3, 0.4) is 0 Å². The Kier molecular flexibility index (Phi) is 4.59. The number of carbonyl (C=O) groups is 1. The standard InChI is InChI=1S/C14H20N2O2/c1-12-11-16(9-8-15-12)14(17)7-10-18-13-5-3-2-4-6-13/h2-6,12,15H,7-11H2,1H3/t12-/m0/s1.